The summed E-state index contributed by atoms with van der Waals surface area (Å²) in [5.74, 6) is -2.80. The number of carboxylic acids is 2. The number of carbonyl (C=O) groups is 2. The molecule has 0 amide bonds. The van der Waals surface area contributed by atoms with Crippen LogP contribution in [0.1, 0.15) is 20.7 Å². The monoisotopic (exact) mass is 362 g/mol. The van der Waals surface area contributed by atoms with Crippen LogP contribution in [0.5, 0.6) is 0 Å². The van der Waals surface area contributed by atoms with E-state index in [2.05, 4.69) is 0 Å². The maximum absolute atomic E-state index is 12.6. The van der Waals surface area contributed by atoms with Gasteiger partial charge in [0.15, 0.2) is 0 Å². The molecule has 2 N–H and O–H groups in total. The third-order valence-corrected chi connectivity index (χ3v) is 4.68. The molecule has 0 aliphatic rings. The van der Waals surface area contributed by atoms with E-state index >= 15 is 0 Å². The van der Waals surface area contributed by atoms with Gasteiger partial charge in [0.05, 0.1) is 20.9 Å². The van der Waals surface area contributed by atoms with Crippen molar-refractivity contribution in [3.8, 4) is 0 Å². The number of benzene rings is 2. The molecule has 22 heavy (non-hydrogen) atoms. The van der Waals surface area contributed by atoms with E-state index in [-0.39, 0.29) is 17.1 Å². The van der Waals surface area contributed by atoms with Gasteiger partial charge in [-0.05, 0) is 24.3 Å². The van der Waals surface area contributed by atoms with Gasteiger partial charge in [-0.2, -0.15) is 0 Å². The van der Waals surface area contributed by atoms with Gasteiger partial charge in [-0.25, -0.2) is 18.0 Å². The molecular formula is C14H10FeO6S. The van der Waals surface area contributed by atoms with Gasteiger partial charge in [0.1, 0.15) is 0 Å². The van der Waals surface area contributed by atoms with Crippen molar-refractivity contribution in [2.75, 3.05) is 0 Å². The Hall–Kier alpha value is -2.15. The summed E-state index contributed by atoms with van der Waals surface area (Å²) in [6.45, 7) is 0. The van der Waals surface area contributed by atoms with Crippen molar-refractivity contribution < 1.29 is 45.3 Å². The van der Waals surface area contributed by atoms with Crippen LogP contribution >= 0.6 is 0 Å². The molecule has 0 saturated heterocycles. The Morgan fingerprint density at radius 1 is 0.727 bits per heavy atom. The van der Waals surface area contributed by atoms with Gasteiger partial charge < -0.3 is 10.2 Å². The van der Waals surface area contributed by atoms with Crippen molar-refractivity contribution >= 4 is 21.8 Å². The molecule has 2 aromatic carbocycles. The Kier molecular flexibility index (Phi) is 5.48. The first-order chi connectivity index (χ1) is 9.85. The molecule has 0 unspecified atom stereocenters. The van der Waals surface area contributed by atoms with E-state index in [1.54, 1.807) is 0 Å². The zero-order chi connectivity index (χ0) is 15.6. The first kappa shape index (κ1) is 17.9. The first-order valence-electron chi connectivity index (χ1n) is 5.75. The van der Waals surface area contributed by atoms with Crippen molar-refractivity contribution in [1.82, 2.24) is 0 Å². The molecule has 0 heterocycles. The fraction of sp³-hybridized carbons (Fsp3) is 0. The van der Waals surface area contributed by atoms with Crippen LogP contribution in [0.2, 0.25) is 0 Å². The van der Waals surface area contributed by atoms with Gasteiger partial charge in [0, 0.05) is 17.1 Å². The number of aromatic carboxylic acids is 2. The maximum atomic E-state index is 12.6. The van der Waals surface area contributed by atoms with Crippen LogP contribution in [-0.4, -0.2) is 30.6 Å². The summed E-state index contributed by atoms with van der Waals surface area (Å²) in [5.41, 5.74) is -0.810. The normalized spacial score (nSPS) is 10.5. The van der Waals surface area contributed by atoms with Crippen molar-refractivity contribution in [3.63, 3.8) is 0 Å². The average Bonchev–Trinajstić information content (AvgIpc) is 2.47. The minimum absolute atomic E-state index is 0. The van der Waals surface area contributed by atoms with Crippen LogP contribution in [0.15, 0.2) is 58.3 Å². The number of sulfone groups is 1. The largest absolute Gasteiger partial charge is 0.478 e. The van der Waals surface area contributed by atoms with Crippen LogP contribution in [0, 0.1) is 0 Å². The van der Waals surface area contributed by atoms with E-state index in [1.165, 1.54) is 24.3 Å². The van der Waals surface area contributed by atoms with E-state index in [0.29, 0.717) is 0 Å². The molecule has 0 atom stereocenters. The molecule has 2 rings (SSSR count). The molecule has 6 nitrogen and oxygen atoms in total. The smallest absolute Gasteiger partial charge is 0.337 e. The molecule has 0 aromatic heterocycles. The van der Waals surface area contributed by atoms with Gasteiger partial charge in [0.2, 0.25) is 9.84 Å². The minimum Gasteiger partial charge on any atom is -0.478 e. The van der Waals surface area contributed by atoms with E-state index in [4.69, 9.17) is 10.2 Å². The van der Waals surface area contributed by atoms with Crippen molar-refractivity contribution in [2.24, 2.45) is 0 Å². The molecule has 2 aromatic rings. The van der Waals surface area contributed by atoms with E-state index in [9.17, 15) is 18.0 Å². The van der Waals surface area contributed by atoms with E-state index in [1.807, 2.05) is 0 Å². The standard InChI is InChI=1S/C14H10O6S.Fe/c15-13(16)9-5-1-3-7-11(9)21(19,20)12-8-4-2-6-10(12)14(17)18;/h1-8H,(H,15,16)(H,17,18);. The van der Waals surface area contributed by atoms with Gasteiger partial charge in [-0.15, -0.1) is 0 Å². The maximum Gasteiger partial charge on any atom is 0.337 e. The third-order valence-electron chi connectivity index (χ3n) is 2.81. The second-order valence-corrected chi connectivity index (χ2v) is 5.99. The number of carboxylic acid groups (broad SMARTS) is 2. The van der Waals surface area contributed by atoms with Gasteiger partial charge in [-0.3, -0.25) is 0 Å². The predicted molar refractivity (Wildman–Crippen MR) is 72.3 cm³/mol. The minimum atomic E-state index is -4.25. The third kappa shape index (κ3) is 3.19. The first-order valence-corrected chi connectivity index (χ1v) is 7.23. The topological polar surface area (TPSA) is 109 Å². The molecule has 8 heteroatoms. The summed E-state index contributed by atoms with van der Waals surface area (Å²) in [4.78, 5) is 21.4. The zero-order valence-electron chi connectivity index (χ0n) is 10.9. The van der Waals surface area contributed by atoms with Crippen molar-refractivity contribution in [3.05, 3.63) is 59.7 Å². The number of hydrogen-bond donors (Lipinski definition) is 2. The summed E-state index contributed by atoms with van der Waals surface area (Å²) >= 11 is 0. The van der Waals surface area contributed by atoms with Crippen LogP contribution in [-0.2, 0) is 26.9 Å². The Balaban J connectivity index is 0.00000242. The van der Waals surface area contributed by atoms with Crippen LogP contribution in [0.25, 0.3) is 0 Å². The Bertz CT molecular complexity index is 765. The molecule has 116 valence electrons. The summed E-state index contributed by atoms with van der Waals surface area (Å²) < 4.78 is 25.1. The molecule has 0 radical (unpaired) electrons. The summed E-state index contributed by atoms with van der Waals surface area (Å²) in [6.07, 6.45) is 0. The second kappa shape index (κ2) is 6.74. The van der Waals surface area contributed by atoms with Gasteiger partial charge in [0.25, 0.3) is 0 Å². The van der Waals surface area contributed by atoms with Crippen molar-refractivity contribution in [2.45, 2.75) is 9.79 Å². The predicted octanol–water partition coefficient (Wildman–Crippen LogP) is 1.91. The Morgan fingerprint density at radius 3 is 1.36 bits per heavy atom. The van der Waals surface area contributed by atoms with Crippen LogP contribution in [0.4, 0.5) is 0 Å². The Morgan fingerprint density at radius 2 is 1.05 bits per heavy atom. The van der Waals surface area contributed by atoms with Crippen LogP contribution < -0.4 is 0 Å². The molecule has 0 spiro atoms. The number of hydrogen-bond acceptors (Lipinski definition) is 4. The van der Waals surface area contributed by atoms with Crippen molar-refractivity contribution in [1.29, 1.82) is 0 Å². The molecule has 0 aliphatic carbocycles. The fourth-order valence-corrected chi connectivity index (χ4v) is 3.52. The van der Waals surface area contributed by atoms with E-state index < -0.39 is 42.7 Å². The zero-order valence-corrected chi connectivity index (χ0v) is 12.8. The average molecular weight is 362 g/mol. The number of rotatable bonds is 4. The molecule has 0 saturated carbocycles. The fourth-order valence-electron chi connectivity index (χ4n) is 1.87. The van der Waals surface area contributed by atoms with Gasteiger partial charge in [-0.1, -0.05) is 24.3 Å². The molecule has 0 fully saturated rings. The van der Waals surface area contributed by atoms with Crippen LogP contribution in [0.3, 0.4) is 0 Å². The summed E-state index contributed by atoms with van der Waals surface area (Å²) in [6, 6.07) is 10.1. The van der Waals surface area contributed by atoms with Gasteiger partial charge >= 0.3 is 11.9 Å². The Labute approximate surface area is 136 Å². The second-order valence-electron chi connectivity index (χ2n) is 4.11. The summed E-state index contributed by atoms with van der Waals surface area (Å²) in [5, 5.41) is 18.1. The summed E-state index contributed by atoms with van der Waals surface area (Å²) in [7, 11) is -4.25. The molecule has 0 aliphatic heterocycles. The molecule has 0 bridgehead atoms. The van der Waals surface area contributed by atoms with E-state index in [0.717, 1.165) is 24.3 Å². The SMILES string of the molecule is O=C(O)c1ccccc1S(=O)(=O)c1ccccc1C(=O)O.[Fe]. The quantitative estimate of drug-likeness (QED) is 0.805. The molecular weight excluding hydrogens is 352 g/mol.